The summed E-state index contributed by atoms with van der Waals surface area (Å²) < 4.78 is 5.51. The minimum absolute atomic E-state index is 0.270. The van der Waals surface area contributed by atoms with Crippen LogP contribution in [0.4, 0.5) is 5.69 Å². The summed E-state index contributed by atoms with van der Waals surface area (Å²) >= 11 is 0. The molecule has 4 heteroatoms. The fourth-order valence-corrected chi connectivity index (χ4v) is 1.47. The molecule has 0 aliphatic heterocycles. The number of carboxylic acid groups (broad SMARTS) is 1. The lowest BCUT2D eigenvalue weighted by Gasteiger charge is -2.13. The van der Waals surface area contributed by atoms with Gasteiger partial charge in [0.05, 0.1) is 0 Å². The van der Waals surface area contributed by atoms with Crippen LogP contribution in [-0.4, -0.2) is 31.8 Å². The monoisotopic (exact) mass is 249 g/mol. The van der Waals surface area contributed by atoms with E-state index in [1.807, 2.05) is 50.2 Å². The third-order valence-corrected chi connectivity index (χ3v) is 2.57. The summed E-state index contributed by atoms with van der Waals surface area (Å²) in [5.41, 5.74) is 1.42. The number of benzene rings is 1. The van der Waals surface area contributed by atoms with E-state index in [1.54, 1.807) is 6.08 Å². The second-order valence-electron chi connectivity index (χ2n) is 4.09. The van der Waals surface area contributed by atoms with E-state index in [-0.39, 0.29) is 6.61 Å². The van der Waals surface area contributed by atoms with Gasteiger partial charge in [-0.15, -0.1) is 0 Å². The summed E-state index contributed by atoms with van der Waals surface area (Å²) in [5, 5.41) is 8.86. The number of anilines is 1. The number of rotatable bonds is 6. The first-order valence-electron chi connectivity index (χ1n) is 5.87. The number of aliphatic carboxylic acids is 1. The highest BCUT2D eigenvalue weighted by molar-refractivity contribution is 5.86. The molecule has 4 nitrogen and oxygen atoms in total. The van der Waals surface area contributed by atoms with Crippen LogP contribution < -0.4 is 9.64 Å². The molecule has 0 spiro atoms. The highest BCUT2D eigenvalue weighted by Gasteiger charge is 2.03. The third-order valence-electron chi connectivity index (χ3n) is 2.57. The summed E-state index contributed by atoms with van der Waals surface area (Å²) in [6.07, 6.45) is 2.10. The molecule has 0 aromatic heterocycles. The highest BCUT2D eigenvalue weighted by Crippen LogP contribution is 2.19. The molecule has 0 unspecified atom stereocenters. The number of carboxylic acids is 1. The normalized spacial score (nSPS) is 11.2. The van der Waals surface area contributed by atoms with Gasteiger partial charge in [0.15, 0.2) is 0 Å². The Labute approximate surface area is 107 Å². The lowest BCUT2D eigenvalue weighted by molar-refractivity contribution is -0.132. The summed E-state index contributed by atoms with van der Waals surface area (Å²) in [6.45, 7) is 2.08. The summed E-state index contributed by atoms with van der Waals surface area (Å²) in [7, 11) is 3.91. The van der Waals surface area contributed by atoms with Gasteiger partial charge in [0.25, 0.3) is 0 Å². The van der Waals surface area contributed by atoms with Crippen molar-refractivity contribution in [1.29, 1.82) is 0 Å². The van der Waals surface area contributed by atoms with E-state index in [1.165, 1.54) is 0 Å². The Kier molecular flexibility index (Phi) is 5.24. The van der Waals surface area contributed by atoms with Gasteiger partial charge in [-0.05, 0) is 24.6 Å². The Morgan fingerprint density at radius 2 is 2.17 bits per heavy atom. The van der Waals surface area contributed by atoms with Crippen molar-refractivity contribution in [3.05, 3.63) is 35.9 Å². The molecule has 0 fully saturated rings. The largest absolute Gasteiger partial charge is 0.489 e. The van der Waals surface area contributed by atoms with Crippen molar-refractivity contribution in [3.63, 3.8) is 0 Å². The van der Waals surface area contributed by atoms with Crippen LogP contribution in [0.2, 0.25) is 0 Å². The second kappa shape index (κ2) is 6.69. The van der Waals surface area contributed by atoms with Crippen LogP contribution in [0.3, 0.4) is 0 Å². The molecule has 0 amide bonds. The zero-order valence-corrected chi connectivity index (χ0v) is 11.0. The maximum absolute atomic E-state index is 10.8. The quantitative estimate of drug-likeness (QED) is 0.787. The first-order chi connectivity index (χ1) is 8.54. The maximum Gasteiger partial charge on any atom is 0.331 e. The van der Waals surface area contributed by atoms with Gasteiger partial charge in [0.1, 0.15) is 12.4 Å². The Balaban J connectivity index is 2.63. The first kappa shape index (κ1) is 14.1. The van der Waals surface area contributed by atoms with Gasteiger partial charge in [0, 0.05) is 31.4 Å². The average Bonchev–Trinajstić information content (AvgIpc) is 2.34. The molecular weight excluding hydrogens is 230 g/mol. The standard InChI is InChI=1S/C14H19NO3/c1-4-11(14(16)17)8-9-18-13-7-5-6-12(10-13)15(2)3/h5-8,10H,4,9H2,1-3H3,(H,16,17). The molecule has 0 aliphatic rings. The molecule has 98 valence electrons. The van der Waals surface area contributed by atoms with E-state index in [0.29, 0.717) is 12.0 Å². The predicted octanol–water partition coefficient (Wildman–Crippen LogP) is 2.55. The van der Waals surface area contributed by atoms with Crippen LogP contribution in [0.1, 0.15) is 13.3 Å². The Morgan fingerprint density at radius 3 is 2.72 bits per heavy atom. The van der Waals surface area contributed by atoms with Crippen molar-refractivity contribution in [2.45, 2.75) is 13.3 Å². The summed E-state index contributed by atoms with van der Waals surface area (Å²) in [4.78, 5) is 12.8. The van der Waals surface area contributed by atoms with Gasteiger partial charge in [-0.25, -0.2) is 4.79 Å². The fraction of sp³-hybridized carbons (Fsp3) is 0.357. The molecule has 1 aromatic carbocycles. The minimum atomic E-state index is -0.886. The van der Waals surface area contributed by atoms with Gasteiger partial charge in [-0.2, -0.15) is 0 Å². The molecule has 0 saturated carbocycles. The average molecular weight is 249 g/mol. The van der Waals surface area contributed by atoms with Crippen LogP contribution in [-0.2, 0) is 4.79 Å². The Morgan fingerprint density at radius 1 is 1.44 bits per heavy atom. The lowest BCUT2D eigenvalue weighted by atomic mass is 10.2. The van der Waals surface area contributed by atoms with Crippen LogP contribution in [0.25, 0.3) is 0 Å². The number of hydrogen-bond acceptors (Lipinski definition) is 3. The third kappa shape index (κ3) is 4.13. The first-order valence-corrected chi connectivity index (χ1v) is 5.87. The zero-order valence-electron chi connectivity index (χ0n) is 11.0. The van der Waals surface area contributed by atoms with Gasteiger partial charge >= 0.3 is 5.97 Å². The van der Waals surface area contributed by atoms with E-state index in [4.69, 9.17) is 9.84 Å². The van der Waals surface area contributed by atoms with Crippen LogP contribution >= 0.6 is 0 Å². The van der Waals surface area contributed by atoms with Crippen molar-refractivity contribution in [1.82, 2.24) is 0 Å². The second-order valence-corrected chi connectivity index (χ2v) is 4.09. The molecule has 0 atom stereocenters. The number of hydrogen-bond donors (Lipinski definition) is 1. The van der Waals surface area contributed by atoms with E-state index >= 15 is 0 Å². The highest BCUT2D eigenvalue weighted by atomic mass is 16.5. The van der Waals surface area contributed by atoms with Gasteiger partial charge in [-0.1, -0.05) is 13.0 Å². The van der Waals surface area contributed by atoms with Crippen LogP contribution in [0, 0.1) is 0 Å². The topological polar surface area (TPSA) is 49.8 Å². The molecule has 0 saturated heterocycles. The Hall–Kier alpha value is -1.97. The smallest absolute Gasteiger partial charge is 0.331 e. The number of nitrogens with zero attached hydrogens (tertiary/aromatic N) is 1. The van der Waals surface area contributed by atoms with Gasteiger partial charge in [-0.3, -0.25) is 0 Å². The lowest BCUT2D eigenvalue weighted by Crippen LogP contribution is -2.08. The van der Waals surface area contributed by atoms with E-state index in [9.17, 15) is 4.79 Å². The zero-order chi connectivity index (χ0) is 13.5. The van der Waals surface area contributed by atoms with Crippen molar-refractivity contribution in [2.24, 2.45) is 0 Å². The van der Waals surface area contributed by atoms with Crippen LogP contribution in [0.5, 0.6) is 5.75 Å². The molecule has 18 heavy (non-hydrogen) atoms. The Bertz CT molecular complexity index is 438. The maximum atomic E-state index is 10.8. The molecule has 0 bridgehead atoms. The van der Waals surface area contributed by atoms with Crippen molar-refractivity contribution >= 4 is 11.7 Å². The van der Waals surface area contributed by atoms with Gasteiger partial charge in [0.2, 0.25) is 0 Å². The minimum Gasteiger partial charge on any atom is -0.489 e. The molecule has 0 aliphatic carbocycles. The summed E-state index contributed by atoms with van der Waals surface area (Å²) in [5.74, 6) is -0.151. The van der Waals surface area contributed by atoms with Crippen molar-refractivity contribution < 1.29 is 14.6 Å². The number of ether oxygens (including phenoxy) is 1. The van der Waals surface area contributed by atoms with E-state index in [2.05, 4.69) is 0 Å². The van der Waals surface area contributed by atoms with E-state index < -0.39 is 5.97 Å². The van der Waals surface area contributed by atoms with Crippen molar-refractivity contribution in [2.75, 3.05) is 25.6 Å². The van der Waals surface area contributed by atoms with Crippen LogP contribution in [0.15, 0.2) is 35.9 Å². The molecule has 1 rings (SSSR count). The van der Waals surface area contributed by atoms with Gasteiger partial charge < -0.3 is 14.7 Å². The predicted molar refractivity (Wildman–Crippen MR) is 72.3 cm³/mol. The van der Waals surface area contributed by atoms with Crippen molar-refractivity contribution in [3.8, 4) is 5.75 Å². The molecule has 1 N–H and O–H groups in total. The van der Waals surface area contributed by atoms with E-state index in [0.717, 1.165) is 11.4 Å². The molecule has 0 heterocycles. The molecule has 0 radical (unpaired) electrons. The summed E-state index contributed by atoms with van der Waals surface area (Å²) in [6, 6.07) is 7.66. The molecule has 1 aromatic rings. The SMILES string of the molecule is CCC(=CCOc1cccc(N(C)C)c1)C(=O)O. The number of carbonyl (C=O) groups is 1. The fourth-order valence-electron chi connectivity index (χ4n) is 1.47. The molecular formula is C14H19NO3.